The lowest BCUT2D eigenvalue weighted by Crippen LogP contribution is -2.24. The third-order valence-electron chi connectivity index (χ3n) is 7.87. The van der Waals surface area contributed by atoms with Crippen LogP contribution in [0.15, 0.2) is 114 Å². The maximum Gasteiger partial charge on any atom is 0.164 e. The van der Waals surface area contributed by atoms with Crippen molar-refractivity contribution in [2.75, 3.05) is 0 Å². The maximum absolute atomic E-state index is 6.03. The minimum Gasteiger partial charge on any atom is -0.466 e. The van der Waals surface area contributed by atoms with Gasteiger partial charge in [-0.25, -0.2) is 15.0 Å². The fraction of sp³-hybridized carbons (Fsp3) is 0.0882. The Hall–Kier alpha value is -5.03. The molecule has 39 heavy (non-hydrogen) atoms. The molecular weight excluding hydrogens is 480 g/mol. The largest absolute Gasteiger partial charge is 0.466 e. The summed E-state index contributed by atoms with van der Waals surface area (Å²) in [6.07, 6.45) is 1.80. The number of hydrogen-bond donors (Lipinski definition) is 0. The molecule has 0 amide bonds. The zero-order valence-electron chi connectivity index (χ0n) is 21.6. The van der Waals surface area contributed by atoms with E-state index in [0.717, 1.165) is 39.0 Å². The van der Waals surface area contributed by atoms with Gasteiger partial charge in [0.25, 0.3) is 0 Å². The van der Waals surface area contributed by atoms with Crippen LogP contribution in [0.25, 0.3) is 61.7 Å². The highest BCUT2D eigenvalue weighted by Gasteiger charge is 2.37. The Labute approximate surface area is 225 Å². The van der Waals surface area contributed by atoms with Crippen molar-refractivity contribution in [1.82, 2.24) is 19.5 Å². The van der Waals surface area contributed by atoms with Gasteiger partial charge < -0.3 is 8.98 Å². The van der Waals surface area contributed by atoms with Crippen molar-refractivity contribution in [1.29, 1.82) is 0 Å². The molecule has 0 aliphatic carbocycles. The Bertz CT molecular complexity index is 1980. The average molecular weight is 505 g/mol. The van der Waals surface area contributed by atoms with Gasteiger partial charge in [0.2, 0.25) is 0 Å². The van der Waals surface area contributed by atoms with Crippen LogP contribution in [0, 0.1) is 0 Å². The number of para-hydroxylation sites is 1. The second-order valence-corrected chi connectivity index (χ2v) is 10.6. The van der Waals surface area contributed by atoms with Crippen LogP contribution >= 0.6 is 0 Å². The van der Waals surface area contributed by atoms with Crippen LogP contribution in [0.1, 0.15) is 25.2 Å². The molecule has 186 valence electrons. The molecule has 1 aliphatic heterocycles. The Kier molecular flexibility index (Phi) is 4.50. The number of fused-ring (bicyclic) bond motifs is 5. The van der Waals surface area contributed by atoms with E-state index in [0.29, 0.717) is 17.5 Å². The molecule has 3 aromatic heterocycles. The van der Waals surface area contributed by atoms with E-state index in [4.69, 9.17) is 19.4 Å². The summed E-state index contributed by atoms with van der Waals surface area (Å²) in [5, 5.41) is 2.38. The summed E-state index contributed by atoms with van der Waals surface area (Å²) in [7, 11) is 0. The summed E-state index contributed by atoms with van der Waals surface area (Å²) in [5.41, 5.74) is 7.38. The molecule has 4 heterocycles. The first-order chi connectivity index (χ1) is 19.1. The quantitative estimate of drug-likeness (QED) is 0.243. The molecule has 0 spiro atoms. The fourth-order valence-electron chi connectivity index (χ4n) is 5.97. The molecule has 5 nitrogen and oxygen atoms in total. The molecule has 0 fully saturated rings. The van der Waals surface area contributed by atoms with E-state index in [1.54, 1.807) is 6.26 Å². The van der Waals surface area contributed by atoms with Gasteiger partial charge in [0.05, 0.1) is 28.4 Å². The molecule has 0 radical (unpaired) electrons. The Morgan fingerprint density at radius 1 is 0.615 bits per heavy atom. The zero-order chi connectivity index (χ0) is 26.1. The summed E-state index contributed by atoms with van der Waals surface area (Å²) < 4.78 is 8.37. The third kappa shape index (κ3) is 3.16. The van der Waals surface area contributed by atoms with Gasteiger partial charge in [-0.15, -0.1) is 0 Å². The van der Waals surface area contributed by atoms with Crippen molar-refractivity contribution in [2.24, 2.45) is 0 Å². The van der Waals surface area contributed by atoms with E-state index in [1.165, 1.54) is 16.5 Å². The molecule has 4 aromatic carbocycles. The van der Waals surface area contributed by atoms with Crippen LogP contribution in [0.4, 0.5) is 0 Å². The zero-order valence-corrected chi connectivity index (χ0v) is 21.6. The van der Waals surface area contributed by atoms with Gasteiger partial charge in [0, 0.05) is 33.5 Å². The van der Waals surface area contributed by atoms with Gasteiger partial charge in [-0.2, -0.15) is 0 Å². The molecule has 0 bridgehead atoms. The summed E-state index contributed by atoms with van der Waals surface area (Å²) in [4.78, 5) is 14.7. The first kappa shape index (κ1) is 22.0. The lowest BCUT2D eigenvalue weighted by Gasteiger charge is -2.30. The van der Waals surface area contributed by atoms with Crippen molar-refractivity contribution in [2.45, 2.75) is 19.3 Å². The number of hydrogen-bond acceptors (Lipinski definition) is 4. The lowest BCUT2D eigenvalue weighted by molar-refractivity contribution is 0.425. The number of benzene rings is 4. The summed E-state index contributed by atoms with van der Waals surface area (Å²) in [6, 6.07) is 35.3. The van der Waals surface area contributed by atoms with Gasteiger partial charge in [-0.1, -0.05) is 78.9 Å². The Morgan fingerprint density at radius 2 is 1.26 bits per heavy atom. The smallest absolute Gasteiger partial charge is 0.164 e. The second-order valence-electron chi connectivity index (χ2n) is 10.6. The highest BCUT2D eigenvalue weighted by atomic mass is 16.3. The van der Waals surface area contributed by atoms with Gasteiger partial charge in [0.15, 0.2) is 17.5 Å². The van der Waals surface area contributed by atoms with E-state index < -0.39 is 0 Å². The topological polar surface area (TPSA) is 56.7 Å². The van der Waals surface area contributed by atoms with Crippen LogP contribution < -0.4 is 0 Å². The van der Waals surface area contributed by atoms with Crippen molar-refractivity contribution in [3.63, 3.8) is 0 Å². The molecule has 0 saturated heterocycles. The monoisotopic (exact) mass is 504 g/mol. The summed E-state index contributed by atoms with van der Waals surface area (Å²) in [5.74, 6) is 2.96. The lowest BCUT2D eigenvalue weighted by atomic mass is 9.79. The van der Waals surface area contributed by atoms with Crippen LogP contribution in [0.5, 0.6) is 0 Å². The highest BCUT2D eigenvalue weighted by molar-refractivity contribution is 6.12. The number of furan rings is 1. The molecule has 0 saturated carbocycles. The van der Waals surface area contributed by atoms with E-state index in [1.807, 2.05) is 60.7 Å². The summed E-state index contributed by atoms with van der Waals surface area (Å²) >= 11 is 0. The molecule has 0 unspecified atom stereocenters. The number of nitrogens with zero attached hydrogens (tertiary/aromatic N) is 4. The normalized spacial score (nSPS) is 13.6. The van der Waals surface area contributed by atoms with Gasteiger partial charge in [0.1, 0.15) is 5.76 Å². The molecular formula is C34H24N4O. The minimum atomic E-state index is -0.227. The van der Waals surface area contributed by atoms with Crippen molar-refractivity contribution in [3.8, 4) is 39.9 Å². The standard InChI is InChI=1S/C34H24N4O/c1-34(2)26-15-9-14-24-25-20-23(16-17-27(25)38(29(24)26)28-18-19-39-30(28)34)33-36-31(21-10-5-3-6-11-21)35-32(37-33)22-12-7-4-8-13-22/h3-20H,1-2H3. The molecule has 1 aliphatic rings. The fourth-order valence-corrected chi connectivity index (χ4v) is 5.97. The van der Waals surface area contributed by atoms with Crippen molar-refractivity contribution in [3.05, 3.63) is 121 Å². The third-order valence-corrected chi connectivity index (χ3v) is 7.87. The van der Waals surface area contributed by atoms with Gasteiger partial charge in [-0.3, -0.25) is 0 Å². The first-order valence-corrected chi connectivity index (χ1v) is 13.1. The molecule has 8 rings (SSSR count). The van der Waals surface area contributed by atoms with Gasteiger partial charge in [-0.05, 0) is 37.6 Å². The van der Waals surface area contributed by atoms with Crippen LogP contribution in [0.3, 0.4) is 0 Å². The minimum absolute atomic E-state index is 0.227. The highest BCUT2D eigenvalue weighted by Crippen LogP contribution is 2.48. The van der Waals surface area contributed by atoms with Crippen LogP contribution in [0.2, 0.25) is 0 Å². The molecule has 7 aromatic rings. The maximum atomic E-state index is 6.03. The predicted octanol–water partition coefficient (Wildman–Crippen LogP) is 8.20. The average Bonchev–Trinajstić information content (AvgIpc) is 3.61. The Morgan fingerprint density at radius 3 is 1.92 bits per heavy atom. The van der Waals surface area contributed by atoms with Crippen molar-refractivity contribution < 1.29 is 4.42 Å². The second kappa shape index (κ2) is 7.98. The summed E-state index contributed by atoms with van der Waals surface area (Å²) in [6.45, 7) is 4.47. The number of rotatable bonds is 3. The van der Waals surface area contributed by atoms with Gasteiger partial charge >= 0.3 is 0 Å². The van der Waals surface area contributed by atoms with E-state index in [-0.39, 0.29) is 5.41 Å². The predicted molar refractivity (Wildman–Crippen MR) is 155 cm³/mol. The van der Waals surface area contributed by atoms with E-state index in [2.05, 4.69) is 60.9 Å². The SMILES string of the molecule is CC1(C)c2occc2-n2c3ccc(-c4nc(-c5ccccc5)nc(-c5ccccc5)n4)cc3c3cccc1c32. The van der Waals surface area contributed by atoms with Crippen LogP contribution in [-0.4, -0.2) is 19.5 Å². The Balaban J connectivity index is 1.39. The van der Waals surface area contributed by atoms with E-state index >= 15 is 0 Å². The molecule has 0 atom stereocenters. The van der Waals surface area contributed by atoms with Crippen LogP contribution in [-0.2, 0) is 5.41 Å². The van der Waals surface area contributed by atoms with Crippen molar-refractivity contribution >= 4 is 21.8 Å². The van der Waals surface area contributed by atoms with E-state index in [9.17, 15) is 0 Å². The first-order valence-electron chi connectivity index (χ1n) is 13.1. The number of aromatic nitrogens is 4. The molecule has 5 heteroatoms. The molecule has 0 N–H and O–H groups in total.